The van der Waals surface area contributed by atoms with E-state index in [1.54, 1.807) is 29.1 Å². The summed E-state index contributed by atoms with van der Waals surface area (Å²) in [5, 5.41) is 4.82. The normalized spacial score (nSPS) is 10.8. The number of aromatic nitrogens is 3. The summed E-state index contributed by atoms with van der Waals surface area (Å²) in [5.74, 6) is -0.525. The van der Waals surface area contributed by atoms with Crippen LogP contribution < -0.4 is 5.56 Å². The zero-order valence-electron chi connectivity index (χ0n) is 13.8. The molecule has 1 N–H and O–H groups in total. The predicted molar refractivity (Wildman–Crippen MR) is 97.3 cm³/mol. The number of fused-ring (bicyclic) bond motifs is 1. The van der Waals surface area contributed by atoms with Crippen molar-refractivity contribution in [1.82, 2.24) is 14.8 Å². The number of esters is 1. The highest BCUT2D eigenvalue weighted by Crippen LogP contribution is 2.16. The second-order valence-corrected chi connectivity index (χ2v) is 5.79. The fourth-order valence-corrected chi connectivity index (χ4v) is 2.77. The molecule has 26 heavy (non-hydrogen) atoms. The molecule has 2 aromatic carbocycles. The maximum Gasteiger partial charge on any atom is 0.339 e. The lowest BCUT2D eigenvalue weighted by Crippen LogP contribution is -2.12. The molecular formula is C20H15N3O3. The number of nitrogens with zero attached hydrogens (tertiary/aromatic N) is 2. The number of nitrogens with one attached hydrogen (secondary N) is 1. The van der Waals surface area contributed by atoms with Crippen LogP contribution in [0, 0.1) is 0 Å². The molecule has 2 heterocycles. The summed E-state index contributed by atoms with van der Waals surface area (Å²) in [5.41, 5.74) is 2.31. The van der Waals surface area contributed by atoms with E-state index in [1.807, 2.05) is 42.6 Å². The number of carbonyl (C=O) groups is 1. The molecule has 0 atom stereocenters. The Morgan fingerprint density at radius 2 is 1.88 bits per heavy atom. The van der Waals surface area contributed by atoms with E-state index in [0.29, 0.717) is 10.9 Å². The van der Waals surface area contributed by atoms with Gasteiger partial charge in [-0.3, -0.25) is 4.79 Å². The molecule has 2 aromatic heterocycles. The minimum absolute atomic E-state index is 0.124. The van der Waals surface area contributed by atoms with Crippen molar-refractivity contribution in [1.29, 1.82) is 0 Å². The lowest BCUT2D eigenvalue weighted by atomic mass is 10.1. The van der Waals surface area contributed by atoms with E-state index in [2.05, 4.69) is 10.1 Å². The van der Waals surface area contributed by atoms with E-state index >= 15 is 0 Å². The first-order valence-electron chi connectivity index (χ1n) is 8.09. The monoisotopic (exact) mass is 345 g/mol. The molecule has 0 fully saturated rings. The predicted octanol–water partition coefficient (Wildman–Crippen LogP) is 3.07. The molecule has 0 aliphatic rings. The molecular weight excluding hydrogens is 330 g/mol. The molecule has 0 saturated carbocycles. The average Bonchev–Trinajstić information content (AvgIpc) is 3.20. The lowest BCUT2D eigenvalue weighted by Gasteiger charge is -2.08. The number of benzene rings is 2. The summed E-state index contributed by atoms with van der Waals surface area (Å²) in [7, 11) is 0. The first-order valence-corrected chi connectivity index (χ1v) is 8.09. The maximum atomic E-state index is 12.4. The van der Waals surface area contributed by atoms with Gasteiger partial charge in [0.05, 0.1) is 11.3 Å². The van der Waals surface area contributed by atoms with Crippen LogP contribution in [0.15, 0.2) is 77.9 Å². The number of hydrogen-bond acceptors (Lipinski definition) is 4. The van der Waals surface area contributed by atoms with E-state index in [4.69, 9.17) is 4.74 Å². The van der Waals surface area contributed by atoms with E-state index in [1.165, 1.54) is 6.07 Å². The second-order valence-electron chi connectivity index (χ2n) is 5.79. The third-order valence-corrected chi connectivity index (χ3v) is 4.05. The zero-order chi connectivity index (χ0) is 17.9. The van der Waals surface area contributed by atoms with Gasteiger partial charge in [-0.05, 0) is 29.8 Å². The number of carbonyl (C=O) groups excluding carboxylic acids is 1. The molecule has 4 aromatic rings. The summed E-state index contributed by atoms with van der Waals surface area (Å²) in [6.07, 6.45) is 3.56. The minimum Gasteiger partial charge on any atom is -0.457 e. The summed E-state index contributed by atoms with van der Waals surface area (Å²) in [6, 6.07) is 17.8. The van der Waals surface area contributed by atoms with Crippen LogP contribution in [0.4, 0.5) is 0 Å². The molecule has 0 radical (unpaired) electrons. The van der Waals surface area contributed by atoms with E-state index in [9.17, 15) is 9.59 Å². The molecule has 0 aliphatic heterocycles. The van der Waals surface area contributed by atoms with Gasteiger partial charge in [-0.25, -0.2) is 9.48 Å². The van der Waals surface area contributed by atoms with Gasteiger partial charge in [0, 0.05) is 29.4 Å². The van der Waals surface area contributed by atoms with Crippen molar-refractivity contribution < 1.29 is 9.53 Å². The number of pyridine rings is 1. The SMILES string of the molecule is O=C(OCc1ccc(-n2cccn2)cc1)c1cc(=O)[nH]c2ccccc12. The molecule has 0 saturated heterocycles. The van der Waals surface area contributed by atoms with Gasteiger partial charge in [-0.15, -0.1) is 0 Å². The van der Waals surface area contributed by atoms with Gasteiger partial charge in [-0.1, -0.05) is 30.3 Å². The summed E-state index contributed by atoms with van der Waals surface area (Å²) in [4.78, 5) is 26.9. The van der Waals surface area contributed by atoms with E-state index < -0.39 is 5.97 Å². The number of para-hydroxylation sites is 1. The van der Waals surface area contributed by atoms with Crippen LogP contribution in [0.5, 0.6) is 0 Å². The Morgan fingerprint density at radius 3 is 2.65 bits per heavy atom. The van der Waals surface area contributed by atoms with Crippen LogP contribution in [0.2, 0.25) is 0 Å². The largest absolute Gasteiger partial charge is 0.457 e. The van der Waals surface area contributed by atoms with Crippen molar-refractivity contribution in [3.8, 4) is 5.69 Å². The average molecular weight is 345 g/mol. The first-order chi connectivity index (χ1) is 12.7. The minimum atomic E-state index is -0.525. The highest BCUT2D eigenvalue weighted by Gasteiger charge is 2.13. The zero-order valence-corrected chi connectivity index (χ0v) is 13.8. The summed E-state index contributed by atoms with van der Waals surface area (Å²) in [6.45, 7) is 0.124. The Balaban J connectivity index is 1.52. The molecule has 4 rings (SSSR count). The lowest BCUT2D eigenvalue weighted by molar-refractivity contribution is 0.0475. The van der Waals surface area contributed by atoms with Crippen LogP contribution >= 0.6 is 0 Å². The van der Waals surface area contributed by atoms with E-state index in [0.717, 1.165) is 11.3 Å². The van der Waals surface area contributed by atoms with Crippen LogP contribution in [0.1, 0.15) is 15.9 Å². The number of ether oxygens (including phenoxy) is 1. The highest BCUT2D eigenvalue weighted by molar-refractivity contribution is 6.03. The smallest absolute Gasteiger partial charge is 0.339 e. The highest BCUT2D eigenvalue weighted by atomic mass is 16.5. The van der Waals surface area contributed by atoms with Crippen LogP contribution in [-0.4, -0.2) is 20.7 Å². The van der Waals surface area contributed by atoms with Crippen molar-refractivity contribution in [2.75, 3.05) is 0 Å². The fourth-order valence-electron chi connectivity index (χ4n) is 2.77. The fraction of sp³-hybridized carbons (Fsp3) is 0.0500. The van der Waals surface area contributed by atoms with Gasteiger partial charge in [-0.2, -0.15) is 5.10 Å². The maximum absolute atomic E-state index is 12.4. The van der Waals surface area contributed by atoms with Gasteiger partial charge in [0.25, 0.3) is 0 Å². The van der Waals surface area contributed by atoms with Gasteiger partial charge in [0.2, 0.25) is 5.56 Å². The Morgan fingerprint density at radius 1 is 1.08 bits per heavy atom. The molecule has 6 heteroatoms. The van der Waals surface area contributed by atoms with E-state index in [-0.39, 0.29) is 17.7 Å². The molecule has 0 unspecified atom stereocenters. The standard InChI is InChI=1S/C20H15N3O3/c24-19-12-17(16-4-1-2-5-18(16)22-19)20(25)26-13-14-6-8-15(9-7-14)23-11-3-10-21-23/h1-12H,13H2,(H,22,24). The quantitative estimate of drug-likeness (QED) is 0.577. The van der Waals surface area contributed by atoms with Gasteiger partial charge < -0.3 is 9.72 Å². The molecule has 0 spiro atoms. The van der Waals surface area contributed by atoms with Crippen LogP contribution in [-0.2, 0) is 11.3 Å². The Hall–Kier alpha value is -3.67. The number of hydrogen-bond donors (Lipinski definition) is 1. The Labute approximate surface area is 148 Å². The van der Waals surface area contributed by atoms with Crippen molar-refractivity contribution in [3.05, 3.63) is 94.5 Å². The Kier molecular flexibility index (Phi) is 4.07. The number of H-pyrrole nitrogens is 1. The van der Waals surface area contributed by atoms with Crippen molar-refractivity contribution >= 4 is 16.9 Å². The molecule has 0 bridgehead atoms. The van der Waals surface area contributed by atoms with Gasteiger partial charge in [0.1, 0.15) is 6.61 Å². The number of aromatic amines is 1. The molecule has 128 valence electrons. The van der Waals surface area contributed by atoms with Gasteiger partial charge >= 0.3 is 5.97 Å². The topological polar surface area (TPSA) is 77.0 Å². The van der Waals surface area contributed by atoms with Gasteiger partial charge in [0.15, 0.2) is 0 Å². The molecule has 0 amide bonds. The third kappa shape index (κ3) is 3.12. The third-order valence-electron chi connectivity index (χ3n) is 4.05. The van der Waals surface area contributed by atoms with Crippen LogP contribution in [0.25, 0.3) is 16.6 Å². The van der Waals surface area contributed by atoms with Crippen molar-refractivity contribution in [2.45, 2.75) is 6.61 Å². The first kappa shape index (κ1) is 15.8. The molecule has 0 aliphatic carbocycles. The summed E-state index contributed by atoms with van der Waals surface area (Å²) < 4.78 is 7.14. The van der Waals surface area contributed by atoms with Crippen molar-refractivity contribution in [3.63, 3.8) is 0 Å². The Bertz CT molecular complexity index is 1110. The second kappa shape index (κ2) is 6.68. The van der Waals surface area contributed by atoms with Crippen LogP contribution in [0.3, 0.4) is 0 Å². The summed E-state index contributed by atoms with van der Waals surface area (Å²) >= 11 is 0. The molecule has 6 nitrogen and oxygen atoms in total. The van der Waals surface area contributed by atoms with Crippen molar-refractivity contribution in [2.24, 2.45) is 0 Å². The number of rotatable bonds is 4.